The molecule has 0 aliphatic rings. The van der Waals surface area contributed by atoms with E-state index in [0.29, 0.717) is 5.57 Å². The van der Waals surface area contributed by atoms with Gasteiger partial charge in [0.1, 0.15) is 0 Å². The van der Waals surface area contributed by atoms with Crippen LogP contribution in [0.3, 0.4) is 0 Å². The molecule has 0 spiro atoms. The number of carbonyl (C=O) groups is 1. The number of rotatable bonds is 1. The van der Waals surface area contributed by atoms with E-state index in [-0.39, 0.29) is 0 Å². The number of aliphatic carboxylic acids is 1. The van der Waals surface area contributed by atoms with Crippen molar-refractivity contribution in [2.45, 2.75) is 13.8 Å². The second-order valence-corrected chi connectivity index (χ2v) is 2.62. The highest BCUT2D eigenvalue weighted by Gasteiger charge is 1.93. The monoisotopic (exact) mass is 159 g/mol. The molecular formula is C8H17NO2. The smallest absolute Gasteiger partial charge is 0.330 e. The number of hydrogen-bond acceptors (Lipinski definition) is 2. The SMILES string of the molecule is C/C=C(\C)C(=O)O.CN(C)C. The van der Waals surface area contributed by atoms with Gasteiger partial charge in [0.25, 0.3) is 0 Å². The van der Waals surface area contributed by atoms with Crippen LogP contribution in [0.2, 0.25) is 0 Å². The second kappa shape index (κ2) is 7.28. The fourth-order valence-corrected chi connectivity index (χ4v) is 0.123. The first-order valence-corrected chi connectivity index (χ1v) is 3.39. The van der Waals surface area contributed by atoms with Crippen molar-refractivity contribution in [2.75, 3.05) is 21.1 Å². The zero-order valence-electron chi connectivity index (χ0n) is 7.88. The third-order valence-corrected chi connectivity index (χ3v) is 0.770. The highest BCUT2D eigenvalue weighted by molar-refractivity contribution is 5.85. The molecule has 0 saturated carbocycles. The van der Waals surface area contributed by atoms with Crippen LogP contribution < -0.4 is 0 Å². The van der Waals surface area contributed by atoms with E-state index in [1.165, 1.54) is 0 Å². The Morgan fingerprint density at radius 1 is 1.36 bits per heavy atom. The molecule has 0 radical (unpaired) electrons. The van der Waals surface area contributed by atoms with E-state index in [0.717, 1.165) is 0 Å². The van der Waals surface area contributed by atoms with Crippen molar-refractivity contribution in [3.63, 3.8) is 0 Å². The lowest BCUT2D eigenvalue weighted by atomic mass is 10.3. The van der Waals surface area contributed by atoms with E-state index in [9.17, 15) is 4.79 Å². The first kappa shape index (κ1) is 12.8. The van der Waals surface area contributed by atoms with Crippen molar-refractivity contribution in [2.24, 2.45) is 0 Å². The summed E-state index contributed by atoms with van der Waals surface area (Å²) in [6, 6.07) is 0. The third kappa shape index (κ3) is 17.6. The Morgan fingerprint density at radius 2 is 1.64 bits per heavy atom. The summed E-state index contributed by atoms with van der Waals surface area (Å²) in [6.45, 7) is 3.26. The van der Waals surface area contributed by atoms with E-state index in [1.54, 1.807) is 19.9 Å². The summed E-state index contributed by atoms with van der Waals surface area (Å²) in [7, 11) is 6.00. The van der Waals surface area contributed by atoms with Crippen LogP contribution in [-0.4, -0.2) is 37.1 Å². The Bertz CT molecular complexity index is 136. The Balaban J connectivity index is 0. The lowest BCUT2D eigenvalue weighted by Crippen LogP contribution is -1.99. The molecule has 0 heterocycles. The first-order valence-electron chi connectivity index (χ1n) is 3.39. The molecule has 0 aromatic carbocycles. The van der Waals surface area contributed by atoms with E-state index >= 15 is 0 Å². The molecule has 0 atom stereocenters. The summed E-state index contributed by atoms with van der Waals surface area (Å²) < 4.78 is 0. The summed E-state index contributed by atoms with van der Waals surface area (Å²) in [4.78, 5) is 11.9. The minimum Gasteiger partial charge on any atom is -0.478 e. The van der Waals surface area contributed by atoms with Crippen molar-refractivity contribution in [1.29, 1.82) is 0 Å². The highest BCUT2D eigenvalue weighted by Crippen LogP contribution is 1.87. The van der Waals surface area contributed by atoms with Gasteiger partial charge >= 0.3 is 5.97 Å². The third-order valence-electron chi connectivity index (χ3n) is 0.770. The van der Waals surface area contributed by atoms with Gasteiger partial charge in [0.2, 0.25) is 0 Å². The molecule has 0 fully saturated rings. The summed E-state index contributed by atoms with van der Waals surface area (Å²) in [5.41, 5.74) is 0.389. The number of carboxylic acids is 1. The minimum absolute atomic E-state index is 0.389. The molecule has 66 valence electrons. The van der Waals surface area contributed by atoms with Crippen LogP contribution in [0.4, 0.5) is 0 Å². The van der Waals surface area contributed by atoms with Crippen LogP contribution in [-0.2, 0) is 4.79 Å². The van der Waals surface area contributed by atoms with Gasteiger partial charge in [0.15, 0.2) is 0 Å². The van der Waals surface area contributed by atoms with E-state index < -0.39 is 5.97 Å². The van der Waals surface area contributed by atoms with Gasteiger partial charge in [-0.15, -0.1) is 0 Å². The van der Waals surface area contributed by atoms with Crippen molar-refractivity contribution in [3.8, 4) is 0 Å². The van der Waals surface area contributed by atoms with Gasteiger partial charge in [0, 0.05) is 5.57 Å². The molecule has 3 nitrogen and oxygen atoms in total. The maximum absolute atomic E-state index is 9.86. The van der Waals surface area contributed by atoms with Gasteiger partial charge in [-0.2, -0.15) is 0 Å². The minimum atomic E-state index is -0.845. The average molecular weight is 159 g/mol. The van der Waals surface area contributed by atoms with Crippen LogP contribution in [0.1, 0.15) is 13.8 Å². The molecule has 0 saturated heterocycles. The Kier molecular flexibility index (Phi) is 8.48. The van der Waals surface area contributed by atoms with Gasteiger partial charge in [-0.1, -0.05) is 6.08 Å². The Morgan fingerprint density at radius 3 is 1.64 bits per heavy atom. The van der Waals surface area contributed by atoms with Crippen LogP contribution in [0.5, 0.6) is 0 Å². The van der Waals surface area contributed by atoms with E-state index in [1.807, 2.05) is 26.0 Å². The van der Waals surface area contributed by atoms with Crippen molar-refractivity contribution < 1.29 is 9.90 Å². The molecule has 0 aromatic rings. The van der Waals surface area contributed by atoms with Crippen LogP contribution in [0, 0.1) is 0 Å². The zero-order chi connectivity index (χ0) is 9.44. The maximum atomic E-state index is 9.86. The molecule has 1 N–H and O–H groups in total. The Labute approximate surface area is 68.3 Å². The molecule has 11 heavy (non-hydrogen) atoms. The Hall–Kier alpha value is -0.830. The summed E-state index contributed by atoms with van der Waals surface area (Å²) >= 11 is 0. The summed E-state index contributed by atoms with van der Waals surface area (Å²) in [6.07, 6.45) is 1.56. The quantitative estimate of drug-likeness (QED) is 0.585. The molecule has 3 heteroatoms. The number of nitrogens with zero attached hydrogens (tertiary/aromatic N) is 1. The normalized spacial score (nSPS) is 10.5. The molecular weight excluding hydrogens is 142 g/mol. The molecule has 0 aliphatic heterocycles. The summed E-state index contributed by atoms with van der Waals surface area (Å²) in [5.74, 6) is -0.845. The topological polar surface area (TPSA) is 40.5 Å². The molecule has 0 bridgehead atoms. The number of allylic oxidation sites excluding steroid dienone is 1. The zero-order valence-corrected chi connectivity index (χ0v) is 7.88. The van der Waals surface area contributed by atoms with Gasteiger partial charge in [-0.3, -0.25) is 0 Å². The molecule has 0 aromatic heterocycles. The molecule has 0 rings (SSSR count). The van der Waals surface area contributed by atoms with Crippen LogP contribution in [0.15, 0.2) is 11.6 Å². The van der Waals surface area contributed by atoms with Gasteiger partial charge < -0.3 is 10.0 Å². The van der Waals surface area contributed by atoms with Crippen LogP contribution >= 0.6 is 0 Å². The highest BCUT2D eigenvalue weighted by atomic mass is 16.4. The predicted octanol–water partition coefficient (Wildman–Crippen LogP) is 1.22. The van der Waals surface area contributed by atoms with Gasteiger partial charge in [-0.25, -0.2) is 4.79 Å². The van der Waals surface area contributed by atoms with Gasteiger partial charge in [0.05, 0.1) is 0 Å². The number of carboxylic acid groups (broad SMARTS) is 1. The summed E-state index contributed by atoms with van der Waals surface area (Å²) in [5, 5.41) is 8.11. The average Bonchev–Trinajstić information content (AvgIpc) is 1.85. The fourth-order valence-electron chi connectivity index (χ4n) is 0.123. The van der Waals surface area contributed by atoms with Gasteiger partial charge in [-0.05, 0) is 35.0 Å². The molecule has 0 unspecified atom stereocenters. The van der Waals surface area contributed by atoms with Crippen molar-refractivity contribution in [1.82, 2.24) is 4.90 Å². The van der Waals surface area contributed by atoms with E-state index in [2.05, 4.69) is 0 Å². The first-order chi connectivity index (χ1) is 4.91. The van der Waals surface area contributed by atoms with Crippen molar-refractivity contribution in [3.05, 3.63) is 11.6 Å². The van der Waals surface area contributed by atoms with Crippen molar-refractivity contribution >= 4 is 5.97 Å². The molecule has 0 aliphatic carbocycles. The maximum Gasteiger partial charge on any atom is 0.330 e. The largest absolute Gasteiger partial charge is 0.478 e. The predicted molar refractivity (Wildman–Crippen MR) is 46.7 cm³/mol. The standard InChI is InChI=1S/C5H8O2.C3H9N/c1-3-4(2)5(6)7;1-4(2)3/h3H,1-2H3,(H,6,7);1-3H3/b4-3+;. The lowest BCUT2D eigenvalue weighted by Gasteiger charge is -1.90. The van der Waals surface area contributed by atoms with E-state index in [4.69, 9.17) is 5.11 Å². The lowest BCUT2D eigenvalue weighted by molar-refractivity contribution is -0.132. The second-order valence-electron chi connectivity index (χ2n) is 2.62. The van der Waals surface area contributed by atoms with Crippen LogP contribution in [0.25, 0.3) is 0 Å². The molecule has 0 amide bonds. The fraction of sp³-hybridized carbons (Fsp3) is 0.625. The number of hydrogen-bond donors (Lipinski definition) is 1.